The molecule has 110 valence electrons. The molecule has 0 radical (unpaired) electrons. The van der Waals surface area contributed by atoms with Crippen molar-refractivity contribution in [2.45, 2.75) is 37.1 Å². The van der Waals surface area contributed by atoms with E-state index in [1.165, 1.54) is 6.07 Å². The fourth-order valence-corrected chi connectivity index (χ4v) is 3.34. The Kier molecular flexibility index (Phi) is 4.77. The molecule has 0 aromatic heterocycles. The molecule has 0 aliphatic carbocycles. The average molecular weight is 296 g/mol. The Bertz CT molecular complexity index is 578. The van der Waals surface area contributed by atoms with Gasteiger partial charge >= 0.3 is 0 Å². The predicted octanol–water partition coefficient (Wildman–Crippen LogP) is 1.56. The molecule has 1 aliphatic heterocycles. The van der Waals surface area contributed by atoms with Crippen LogP contribution in [0, 0.1) is 0 Å². The smallest absolute Gasteiger partial charge is 0.241 e. The number of piperidine rings is 1. The van der Waals surface area contributed by atoms with Gasteiger partial charge in [0.05, 0.1) is 22.4 Å². The summed E-state index contributed by atoms with van der Waals surface area (Å²) >= 11 is 0. The zero-order valence-corrected chi connectivity index (χ0v) is 12.4. The minimum Gasteiger partial charge on any atom is -0.324 e. The number of sulfone groups is 1. The lowest BCUT2D eigenvalue weighted by Gasteiger charge is -2.23. The van der Waals surface area contributed by atoms with Crippen molar-refractivity contribution >= 4 is 21.4 Å². The first-order valence-corrected chi connectivity index (χ1v) is 8.56. The first kappa shape index (κ1) is 15.0. The second kappa shape index (κ2) is 6.37. The molecule has 1 aromatic carbocycles. The van der Waals surface area contributed by atoms with Crippen molar-refractivity contribution < 1.29 is 13.2 Å². The highest BCUT2D eigenvalue weighted by Crippen LogP contribution is 2.22. The molecule has 5 nitrogen and oxygen atoms in total. The topological polar surface area (TPSA) is 75.3 Å². The Morgan fingerprint density at radius 2 is 2.10 bits per heavy atom. The molecule has 1 heterocycles. The van der Waals surface area contributed by atoms with E-state index in [-0.39, 0.29) is 22.6 Å². The van der Waals surface area contributed by atoms with Crippen molar-refractivity contribution in [2.24, 2.45) is 0 Å². The van der Waals surface area contributed by atoms with Gasteiger partial charge in [-0.05, 0) is 31.5 Å². The zero-order valence-electron chi connectivity index (χ0n) is 11.6. The van der Waals surface area contributed by atoms with Gasteiger partial charge in [-0.3, -0.25) is 4.79 Å². The maximum Gasteiger partial charge on any atom is 0.241 e. The van der Waals surface area contributed by atoms with Crippen LogP contribution < -0.4 is 10.6 Å². The summed E-state index contributed by atoms with van der Waals surface area (Å²) in [7, 11) is -3.34. The summed E-state index contributed by atoms with van der Waals surface area (Å²) in [6.45, 7) is 2.42. The number of amides is 1. The number of para-hydroxylation sites is 1. The second-order valence-corrected chi connectivity index (χ2v) is 7.14. The summed E-state index contributed by atoms with van der Waals surface area (Å²) in [5.74, 6) is -0.148. The van der Waals surface area contributed by atoms with Crippen LogP contribution in [-0.4, -0.2) is 32.7 Å². The number of carbonyl (C=O) groups excluding carboxylic acids is 1. The molecule has 0 bridgehead atoms. The highest BCUT2D eigenvalue weighted by atomic mass is 32.2. The normalized spacial score (nSPS) is 19.6. The lowest BCUT2D eigenvalue weighted by Crippen LogP contribution is -2.43. The van der Waals surface area contributed by atoms with E-state index >= 15 is 0 Å². The maximum absolute atomic E-state index is 12.2. The zero-order chi connectivity index (χ0) is 14.6. The molecule has 2 N–H and O–H groups in total. The Hall–Kier alpha value is -1.40. The average Bonchev–Trinajstić information content (AvgIpc) is 2.48. The SMILES string of the molecule is CCS(=O)(=O)c1ccccc1NC(=O)[C@@H]1CCCCN1. The van der Waals surface area contributed by atoms with Crippen molar-refractivity contribution in [2.75, 3.05) is 17.6 Å². The summed E-state index contributed by atoms with van der Waals surface area (Å²) in [5.41, 5.74) is 0.367. The van der Waals surface area contributed by atoms with E-state index in [1.807, 2.05) is 0 Å². The molecule has 1 aromatic rings. The lowest BCUT2D eigenvalue weighted by atomic mass is 10.0. The monoisotopic (exact) mass is 296 g/mol. The third-order valence-corrected chi connectivity index (χ3v) is 5.27. The van der Waals surface area contributed by atoms with E-state index in [0.29, 0.717) is 5.69 Å². The van der Waals surface area contributed by atoms with Gasteiger partial charge in [0.15, 0.2) is 9.84 Å². The number of hydrogen-bond donors (Lipinski definition) is 2. The fraction of sp³-hybridized carbons (Fsp3) is 0.500. The number of anilines is 1. The van der Waals surface area contributed by atoms with Crippen LogP contribution in [0.4, 0.5) is 5.69 Å². The second-order valence-electron chi connectivity index (χ2n) is 4.89. The summed E-state index contributed by atoms with van der Waals surface area (Å²) < 4.78 is 24.0. The van der Waals surface area contributed by atoms with E-state index in [9.17, 15) is 13.2 Å². The van der Waals surface area contributed by atoms with Gasteiger partial charge in [-0.2, -0.15) is 0 Å². The van der Waals surface area contributed by atoms with Crippen molar-refractivity contribution in [3.63, 3.8) is 0 Å². The van der Waals surface area contributed by atoms with E-state index < -0.39 is 9.84 Å². The molecule has 1 amide bonds. The molecule has 0 spiro atoms. The summed E-state index contributed by atoms with van der Waals surface area (Å²) in [5, 5.41) is 5.89. The third-order valence-electron chi connectivity index (χ3n) is 3.49. The van der Waals surface area contributed by atoms with E-state index in [0.717, 1.165) is 25.8 Å². The minimum atomic E-state index is -3.34. The van der Waals surface area contributed by atoms with Crippen molar-refractivity contribution in [1.82, 2.24) is 5.32 Å². The molecule has 2 rings (SSSR count). The van der Waals surface area contributed by atoms with E-state index in [1.54, 1.807) is 25.1 Å². The molecular formula is C14H20N2O3S. The van der Waals surface area contributed by atoms with Crippen LogP contribution in [-0.2, 0) is 14.6 Å². The highest BCUT2D eigenvalue weighted by Gasteiger charge is 2.23. The summed E-state index contributed by atoms with van der Waals surface area (Å²) in [6.07, 6.45) is 2.87. The molecule has 0 unspecified atom stereocenters. The van der Waals surface area contributed by atoms with Gasteiger partial charge < -0.3 is 10.6 Å². The van der Waals surface area contributed by atoms with Crippen LogP contribution >= 0.6 is 0 Å². The number of nitrogens with one attached hydrogen (secondary N) is 2. The highest BCUT2D eigenvalue weighted by molar-refractivity contribution is 7.91. The molecule has 20 heavy (non-hydrogen) atoms. The van der Waals surface area contributed by atoms with Crippen LogP contribution in [0.25, 0.3) is 0 Å². The van der Waals surface area contributed by atoms with Gasteiger partial charge in [0.1, 0.15) is 0 Å². The van der Waals surface area contributed by atoms with Crippen LogP contribution in [0.5, 0.6) is 0 Å². The lowest BCUT2D eigenvalue weighted by molar-refractivity contribution is -0.118. The first-order chi connectivity index (χ1) is 9.54. The Labute approximate surface area is 119 Å². The molecule has 0 saturated carbocycles. The van der Waals surface area contributed by atoms with Crippen LogP contribution in [0.15, 0.2) is 29.2 Å². The van der Waals surface area contributed by atoms with E-state index in [4.69, 9.17) is 0 Å². The van der Waals surface area contributed by atoms with Gasteiger partial charge in [-0.15, -0.1) is 0 Å². The van der Waals surface area contributed by atoms with Gasteiger partial charge in [0.2, 0.25) is 5.91 Å². The molecule has 1 atom stereocenters. The quantitative estimate of drug-likeness (QED) is 0.884. The van der Waals surface area contributed by atoms with Crippen LogP contribution in [0.2, 0.25) is 0 Å². The van der Waals surface area contributed by atoms with Gasteiger partial charge in [-0.25, -0.2) is 8.42 Å². The molecule has 1 aliphatic rings. The molecule has 1 saturated heterocycles. The fourth-order valence-electron chi connectivity index (χ4n) is 2.29. The number of hydrogen-bond acceptors (Lipinski definition) is 4. The van der Waals surface area contributed by atoms with Crippen molar-refractivity contribution in [3.8, 4) is 0 Å². The number of benzene rings is 1. The molecule has 6 heteroatoms. The van der Waals surface area contributed by atoms with Crippen molar-refractivity contribution in [1.29, 1.82) is 0 Å². The Morgan fingerprint density at radius 1 is 1.35 bits per heavy atom. The molecule has 1 fully saturated rings. The minimum absolute atomic E-state index is 0.0154. The first-order valence-electron chi connectivity index (χ1n) is 6.90. The van der Waals surface area contributed by atoms with Gasteiger partial charge in [0, 0.05) is 0 Å². The summed E-state index contributed by atoms with van der Waals surface area (Å²) in [6, 6.07) is 6.31. The maximum atomic E-state index is 12.2. The predicted molar refractivity (Wildman–Crippen MR) is 78.4 cm³/mol. The third kappa shape index (κ3) is 3.37. The van der Waals surface area contributed by atoms with E-state index in [2.05, 4.69) is 10.6 Å². The van der Waals surface area contributed by atoms with Crippen molar-refractivity contribution in [3.05, 3.63) is 24.3 Å². The summed E-state index contributed by atoms with van der Waals surface area (Å²) in [4.78, 5) is 12.4. The van der Waals surface area contributed by atoms with Crippen LogP contribution in [0.1, 0.15) is 26.2 Å². The largest absolute Gasteiger partial charge is 0.324 e. The number of rotatable bonds is 4. The Balaban J connectivity index is 2.19. The van der Waals surface area contributed by atoms with Crippen LogP contribution in [0.3, 0.4) is 0 Å². The van der Waals surface area contributed by atoms with Gasteiger partial charge in [-0.1, -0.05) is 25.5 Å². The van der Waals surface area contributed by atoms with Gasteiger partial charge in [0.25, 0.3) is 0 Å². The number of carbonyl (C=O) groups is 1. The molecular weight excluding hydrogens is 276 g/mol. The standard InChI is InChI=1S/C14H20N2O3S/c1-2-20(18,19)13-9-4-3-7-11(13)16-14(17)12-8-5-6-10-15-12/h3-4,7,9,12,15H,2,5-6,8,10H2,1H3,(H,16,17)/t12-/m0/s1. The Morgan fingerprint density at radius 3 is 2.75 bits per heavy atom.